The quantitative estimate of drug-likeness (QED) is 0.806. The second-order valence-corrected chi connectivity index (χ2v) is 7.11. The zero-order valence-electron chi connectivity index (χ0n) is 11.4. The van der Waals surface area contributed by atoms with Crippen LogP contribution in [0.4, 0.5) is 5.95 Å². The van der Waals surface area contributed by atoms with Crippen LogP contribution in [0.2, 0.25) is 0 Å². The molecule has 0 bridgehead atoms. The van der Waals surface area contributed by atoms with Crippen LogP contribution in [-0.4, -0.2) is 53.6 Å². The Labute approximate surface area is 122 Å². The van der Waals surface area contributed by atoms with Crippen molar-refractivity contribution in [2.75, 3.05) is 23.0 Å². The Morgan fingerprint density at radius 1 is 1.57 bits per heavy atom. The molecule has 1 unspecified atom stereocenters. The van der Waals surface area contributed by atoms with E-state index in [1.807, 2.05) is 6.07 Å². The third-order valence-electron chi connectivity index (χ3n) is 3.17. The van der Waals surface area contributed by atoms with E-state index in [2.05, 4.69) is 9.97 Å². The van der Waals surface area contributed by atoms with Gasteiger partial charge in [-0.1, -0.05) is 0 Å². The Kier molecular flexibility index (Phi) is 4.09. The number of aliphatic carboxylic acids is 1. The van der Waals surface area contributed by atoms with E-state index < -0.39 is 28.4 Å². The van der Waals surface area contributed by atoms with Crippen LogP contribution >= 0.6 is 0 Å². The Bertz CT molecular complexity index is 710. The highest BCUT2D eigenvalue weighted by atomic mass is 32.2. The van der Waals surface area contributed by atoms with Crippen molar-refractivity contribution in [2.24, 2.45) is 0 Å². The first-order chi connectivity index (χ1) is 9.80. The number of hydrogen-bond acceptors (Lipinski definition) is 7. The molecule has 1 aliphatic rings. The number of carboxylic acids is 1. The van der Waals surface area contributed by atoms with Gasteiger partial charge in [-0.3, -0.25) is 4.79 Å². The van der Waals surface area contributed by atoms with Gasteiger partial charge in [0.05, 0.1) is 11.5 Å². The van der Waals surface area contributed by atoms with Crippen LogP contribution < -0.4 is 4.90 Å². The van der Waals surface area contributed by atoms with Gasteiger partial charge >= 0.3 is 5.97 Å². The van der Waals surface area contributed by atoms with Gasteiger partial charge in [-0.05, 0) is 19.4 Å². The van der Waals surface area contributed by atoms with Crippen molar-refractivity contribution in [1.82, 2.24) is 9.97 Å². The molecule has 1 N–H and O–H groups in total. The minimum atomic E-state index is -3.17. The lowest BCUT2D eigenvalue weighted by molar-refractivity contribution is -0.135. The molecule has 2 heterocycles. The minimum absolute atomic E-state index is 0.0186. The van der Waals surface area contributed by atoms with Gasteiger partial charge in [-0.25, -0.2) is 18.4 Å². The number of rotatable bonds is 4. The summed E-state index contributed by atoms with van der Waals surface area (Å²) in [5, 5.41) is 17.9. The van der Waals surface area contributed by atoms with Crippen molar-refractivity contribution in [3.8, 4) is 6.07 Å². The molecule has 1 saturated heterocycles. The predicted molar refractivity (Wildman–Crippen MR) is 73.5 cm³/mol. The number of aromatic nitrogens is 2. The van der Waals surface area contributed by atoms with Gasteiger partial charge in [0.25, 0.3) is 0 Å². The molecule has 0 amide bonds. The summed E-state index contributed by atoms with van der Waals surface area (Å²) < 4.78 is 23.2. The number of hydrogen-bond donors (Lipinski definition) is 1. The van der Waals surface area contributed by atoms with Gasteiger partial charge in [0, 0.05) is 11.7 Å². The molecule has 0 aliphatic carbocycles. The summed E-state index contributed by atoms with van der Waals surface area (Å²) in [6, 6.07) is 2.87. The standard InChI is InChI=1S/C12H14N4O4S/c1-8-4-9(5-13)15-12(14-8)16(6-11(17)18)10-2-3-21(19,20)7-10/h4,10H,2-3,6-7H2,1H3,(H,17,18). The average molecular weight is 310 g/mol. The molecule has 1 aromatic heterocycles. The van der Waals surface area contributed by atoms with Crippen LogP contribution in [0.25, 0.3) is 0 Å². The van der Waals surface area contributed by atoms with Gasteiger partial charge in [0.1, 0.15) is 18.3 Å². The minimum Gasteiger partial charge on any atom is -0.480 e. The van der Waals surface area contributed by atoms with Gasteiger partial charge in [-0.15, -0.1) is 0 Å². The summed E-state index contributed by atoms with van der Waals surface area (Å²) in [4.78, 5) is 20.5. The Morgan fingerprint density at radius 3 is 2.81 bits per heavy atom. The van der Waals surface area contributed by atoms with E-state index in [1.165, 1.54) is 11.0 Å². The molecule has 112 valence electrons. The molecule has 9 heteroatoms. The fraction of sp³-hybridized carbons (Fsp3) is 0.500. The molecule has 1 fully saturated rings. The summed E-state index contributed by atoms with van der Waals surface area (Å²) in [6.07, 6.45) is 0.328. The molecule has 1 aromatic rings. The van der Waals surface area contributed by atoms with E-state index in [1.54, 1.807) is 6.92 Å². The largest absolute Gasteiger partial charge is 0.480 e. The third kappa shape index (κ3) is 3.66. The molecule has 1 aliphatic heterocycles. The average Bonchev–Trinajstić information content (AvgIpc) is 2.75. The molecule has 0 aromatic carbocycles. The summed E-state index contributed by atoms with van der Waals surface area (Å²) in [5.41, 5.74) is 0.640. The summed E-state index contributed by atoms with van der Waals surface area (Å²) in [7, 11) is -3.17. The first-order valence-electron chi connectivity index (χ1n) is 6.25. The molecular weight excluding hydrogens is 296 g/mol. The first-order valence-corrected chi connectivity index (χ1v) is 8.07. The zero-order chi connectivity index (χ0) is 15.6. The van der Waals surface area contributed by atoms with E-state index in [0.717, 1.165) is 0 Å². The number of sulfone groups is 1. The molecule has 0 saturated carbocycles. The second-order valence-electron chi connectivity index (χ2n) is 4.88. The van der Waals surface area contributed by atoms with E-state index in [9.17, 15) is 13.2 Å². The summed E-state index contributed by atoms with van der Waals surface area (Å²) >= 11 is 0. The number of nitrogens with zero attached hydrogens (tertiary/aromatic N) is 4. The number of anilines is 1. The fourth-order valence-electron chi connectivity index (χ4n) is 2.27. The number of carboxylic acid groups (broad SMARTS) is 1. The highest BCUT2D eigenvalue weighted by molar-refractivity contribution is 7.91. The van der Waals surface area contributed by atoms with Gasteiger partial charge < -0.3 is 10.0 Å². The molecular formula is C12H14N4O4S. The molecule has 21 heavy (non-hydrogen) atoms. The van der Waals surface area contributed by atoms with E-state index in [-0.39, 0.29) is 23.1 Å². The Hall–Kier alpha value is -2.21. The van der Waals surface area contributed by atoms with Crippen molar-refractivity contribution in [3.05, 3.63) is 17.5 Å². The van der Waals surface area contributed by atoms with Crippen molar-refractivity contribution < 1.29 is 18.3 Å². The van der Waals surface area contributed by atoms with Crippen LogP contribution in [-0.2, 0) is 14.6 Å². The van der Waals surface area contributed by atoms with Crippen molar-refractivity contribution in [2.45, 2.75) is 19.4 Å². The summed E-state index contributed by atoms with van der Waals surface area (Å²) in [5.74, 6) is -1.14. The molecule has 2 rings (SSSR count). The van der Waals surface area contributed by atoms with E-state index >= 15 is 0 Å². The van der Waals surface area contributed by atoms with Gasteiger partial charge in [-0.2, -0.15) is 5.26 Å². The van der Waals surface area contributed by atoms with Crippen LogP contribution in [0.1, 0.15) is 17.8 Å². The lowest BCUT2D eigenvalue weighted by Crippen LogP contribution is -2.41. The smallest absolute Gasteiger partial charge is 0.323 e. The van der Waals surface area contributed by atoms with Gasteiger partial charge in [0.2, 0.25) is 5.95 Å². The molecule has 1 atom stereocenters. The molecule has 0 spiro atoms. The zero-order valence-corrected chi connectivity index (χ0v) is 12.2. The maximum atomic E-state index is 11.6. The van der Waals surface area contributed by atoms with Crippen LogP contribution in [0.3, 0.4) is 0 Å². The lowest BCUT2D eigenvalue weighted by Gasteiger charge is -2.26. The SMILES string of the molecule is Cc1cc(C#N)nc(N(CC(=O)O)C2CCS(=O)(=O)C2)n1. The number of aryl methyl sites for hydroxylation is 1. The lowest BCUT2D eigenvalue weighted by atomic mass is 10.2. The molecule has 8 nitrogen and oxygen atoms in total. The number of carbonyl (C=O) groups is 1. The monoisotopic (exact) mass is 310 g/mol. The molecule has 0 radical (unpaired) electrons. The van der Waals surface area contributed by atoms with Crippen LogP contribution in [0.15, 0.2) is 6.07 Å². The number of nitriles is 1. The van der Waals surface area contributed by atoms with Crippen molar-refractivity contribution >= 4 is 21.8 Å². The van der Waals surface area contributed by atoms with Crippen LogP contribution in [0, 0.1) is 18.3 Å². The van der Waals surface area contributed by atoms with Gasteiger partial charge in [0.15, 0.2) is 9.84 Å². The highest BCUT2D eigenvalue weighted by Gasteiger charge is 2.34. The van der Waals surface area contributed by atoms with E-state index in [4.69, 9.17) is 10.4 Å². The fourth-order valence-corrected chi connectivity index (χ4v) is 4.00. The van der Waals surface area contributed by atoms with Crippen molar-refractivity contribution in [3.63, 3.8) is 0 Å². The van der Waals surface area contributed by atoms with Crippen molar-refractivity contribution in [1.29, 1.82) is 5.26 Å². The normalized spacial score (nSPS) is 19.9. The second kappa shape index (κ2) is 5.65. The highest BCUT2D eigenvalue weighted by Crippen LogP contribution is 2.22. The summed E-state index contributed by atoms with van der Waals surface area (Å²) in [6.45, 7) is 1.25. The maximum Gasteiger partial charge on any atom is 0.323 e. The van der Waals surface area contributed by atoms with E-state index in [0.29, 0.717) is 12.1 Å². The third-order valence-corrected chi connectivity index (χ3v) is 4.92. The predicted octanol–water partition coefficient (Wildman–Crippen LogP) is -0.265. The maximum absolute atomic E-state index is 11.6. The Balaban J connectivity index is 2.39. The van der Waals surface area contributed by atoms with Crippen LogP contribution in [0.5, 0.6) is 0 Å². The topological polar surface area (TPSA) is 124 Å². The Morgan fingerprint density at radius 2 is 2.29 bits per heavy atom. The first kappa shape index (κ1) is 15.2.